The number of fused-ring (bicyclic) bond motifs is 2. The molecule has 0 saturated carbocycles. The normalized spacial score (nSPS) is 31.0. The van der Waals surface area contributed by atoms with Crippen LogP contribution < -0.4 is 4.74 Å². The molecule has 3 atom stereocenters. The Kier molecular flexibility index (Phi) is 7.38. The van der Waals surface area contributed by atoms with E-state index >= 15 is 0 Å². The smallest absolute Gasteiger partial charge is 0.119 e. The summed E-state index contributed by atoms with van der Waals surface area (Å²) >= 11 is 0. The first-order chi connectivity index (χ1) is 13.7. The standard InChI is InChI=1S/C24H31NO3.BrH/c1-2-6-21-24(22(26)13-15-25(21)16-14-23(24)27)19-9-11-20(12-10-19)28-17-18-7-4-3-5-8-18;/h3-5,7-12,21-23,26-27H,2,6,13-17H2,1H3;1H. The molecule has 4 rings (SSSR count). The molecule has 2 bridgehead atoms. The number of hydrogen-bond acceptors (Lipinski definition) is 4. The fourth-order valence-corrected chi connectivity index (χ4v) is 5.30. The Hall–Kier alpha value is -1.40. The summed E-state index contributed by atoms with van der Waals surface area (Å²) in [7, 11) is 0. The number of halogens is 1. The van der Waals surface area contributed by atoms with Crippen molar-refractivity contribution in [2.45, 2.75) is 62.9 Å². The Morgan fingerprint density at radius 1 is 0.966 bits per heavy atom. The third-order valence-corrected chi connectivity index (χ3v) is 6.64. The van der Waals surface area contributed by atoms with Gasteiger partial charge in [0.1, 0.15) is 12.4 Å². The summed E-state index contributed by atoms with van der Waals surface area (Å²) in [5.74, 6) is 0.809. The summed E-state index contributed by atoms with van der Waals surface area (Å²) in [4.78, 5) is 2.47. The lowest BCUT2D eigenvalue weighted by Gasteiger charge is -2.59. The van der Waals surface area contributed by atoms with Gasteiger partial charge in [0, 0.05) is 19.1 Å². The van der Waals surface area contributed by atoms with E-state index in [1.807, 2.05) is 54.6 Å². The molecule has 2 heterocycles. The molecule has 0 spiro atoms. The quantitative estimate of drug-likeness (QED) is 0.680. The summed E-state index contributed by atoms with van der Waals surface area (Å²) in [6, 6.07) is 18.3. The zero-order valence-electron chi connectivity index (χ0n) is 17.0. The monoisotopic (exact) mass is 461 g/mol. The van der Waals surface area contributed by atoms with Crippen LogP contribution in [-0.4, -0.2) is 46.5 Å². The second-order valence-corrected chi connectivity index (χ2v) is 8.18. The maximum atomic E-state index is 11.1. The molecule has 0 aliphatic carbocycles. The highest BCUT2D eigenvalue weighted by Crippen LogP contribution is 2.48. The molecule has 0 radical (unpaired) electrons. The van der Waals surface area contributed by atoms with E-state index in [9.17, 15) is 10.2 Å². The molecule has 2 aliphatic heterocycles. The highest BCUT2D eigenvalue weighted by Gasteiger charge is 2.57. The van der Waals surface area contributed by atoms with Gasteiger partial charge < -0.3 is 14.9 Å². The minimum atomic E-state index is -0.607. The number of aliphatic hydroxyl groups is 2. The summed E-state index contributed by atoms with van der Waals surface area (Å²) in [6.07, 6.45) is 2.41. The van der Waals surface area contributed by atoms with Gasteiger partial charge in [0.2, 0.25) is 0 Å². The van der Waals surface area contributed by atoms with Gasteiger partial charge in [-0.25, -0.2) is 0 Å². The number of aliphatic hydroxyl groups excluding tert-OH is 2. The van der Waals surface area contributed by atoms with E-state index < -0.39 is 17.6 Å². The van der Waals surface area contributed by atoms with Gasteiger partial charge >= 0.3 is 0 Å². The van der Waals surface area contributed by atoms with E-state index in [0.717, 1.165) is 42.8 Å². The summed E-state index contributed by atoms with van der Waals surface area (Å²) in [5.41, 5.74) is 1.56. The zero-order chi connectivity index (χ0) is 19.6. The summed E-state index contributed by atoms with van der Waals surface area (Å²) in [5, 5.41) is 22.2. The highest BCUT2D eigenvalue weighted by molar-refractivity contribution is 8.93. The average Bonchev–Trinajstić information content (AvgIpc) is 2.73. The highest BCUT2D eigenvalue weighted by atomic mass is 79.9. The van der Waals surface area contributed by atoms with Gasteiger partial charge in [-0.05, 0) is 42.5 Å². The van der Waals surface area contributed by atoms with Crippen LogP contribution >= 0.6 is 17.0 Å². The molecular formula is C24H32BrNO3. The Balaban J connectivity index is 0.00000240. The molecule has 158 valence electrons. The van der Waals surface area contributed by atoms with Gasteiger partial charge in [-0.15, -0.1) is 17.0 Å². The van der Waals surface area contributed by atoms with Crippen LogP contribution in [0.15, 0.2) is 54.6 Å². The van der Waals surface area contributed by atoms with Gasteiger partial charge in [-0.1, -0.05) is 55.8 Å². The fourth-order valence-electron chi connectivity index (χ4n) is 5.30. The molecule has 2 aromatic rings. The van der Waals surface area contributed by atoms with E-state index in [0.29, 0.717) is 19.4 Å². The van der Waals surface area contributed by atoms with Gasteiger partial charge in [0.05, 0.1) is 17.6 Å². The molecule has 2 aromatic carbocycles. The molecule has 2 saturated heterocycles. The van der Waals surface area contributed by atoms with Gasteiger partial charge in [0.15, 0.2) is 0 Å². The number of benzene rings is 2. The Bertz CT molecular complexity index is 753. The summed E-state index contributed by atoms with van der Waals surface area (Å²) in [6.45, 7) is 4.54. The predicted molar refractivity (Wildman–Crippen MR) is 121 cm³/mol. The summed E-state index contributed by atoms with van der Waals surface area (Å²) < 4.78 is 5.93. The van der Waals surface area contributed by atoms with Crippen molar-refractivity contribution in [3.63, 3.8) is 0 Å². The predicted octanol–water partition coefficient (Wildman–Crippen LogP) is 4.08. The molecule has 5 heteroatoms. The van der Waals surface area contributed by atoms with Crippen LogP contribution in [0, 0.1) is 0 Å². The molecule has 4 nitrogen and oxygen atoms in total. The number of piperidine rings is 2. The number of nitrogens with zero attached hydrogens (tertiary/aromatic N) is 1. The third-order valence-electron chi connectivity index (χ3n) is 6.64. The number of rotatable bonds is 6. The van der Waals surface area contributed by atoms with Crippen molar-refractivity contribution in [3.05, 3.63) is 65.7 Å². The van der Waals surface area contributed by atoms with Crippen LogP contribution in [0.1, 0.15) is 43.7 Å². The maximum Gasteiger partial charge on any atom is 0.119 e. The van der Waals surface area contributed by atoms with Crippen molar-refractivity contribution in [3.8, 4) is 5.75 Å². The lowest BCUT2D eigenvalue weighted by molar-refractivity contribution is -0.134. The van der Waals surface area contributed by atoms with Crippen LogP contribution in [0.2, 0.25) is 0 Å². The average molecular weight is 462 g/mol. The molecule has 2 fully saturated rings. The fraction of sp³-hybridized carbons (Fsp3) is 0.500. The minimum absolute atomic E-state index is 0. The maximum absolute atomic E-state index is 11.1. The van der Waals surface area contributed by atoms with Gasteiger partial charge in [0.25, 0.3) is 0 Å². The molecular weight excluding hydrogens is 430 g/mol. The zero-order valence-corrected chi connectivity index (χ0v) is 18.7. The molecule has 29 heavy (non-hydrogen) atoms. The van der Waals surface area contributed by atoms with Crippen molar-refractivity contribution in [2.24, 2.45) is 0 Å². The lowest BCUT2D eigenvalue weighted by Crippen LogP contribution is -2.70. The van der Waals surface area contributed by atoms with Crippen LogP contribution in [0.4, 0.5) is 0 Å². The first-order valence-electron chi connectivity index (χ1n) is 10.5. The van der Waals surface area contributed by atoms with E-state index in [-0.39, 0.29) is 23.0 Å². The number of ether oxygens (including phenoxy) is 1. The van der Waals surface area contributed by atoms with E-state index in [2.05, 4.69) is 11.8 Å². The lowest BCUT2D eigenvalue weighted by atomic mass is 9.59. The van der Waals surface area contributed by atoms with Crippen molar-refractivity contribution in [1.82, 2.24) is 4.90 Å². The van der Waals surface area contributed by atoms with Crippen LogP contribution in [0.5, 0.6) is 5.75 Å². The molecule has 2 N–H and O–H groups in total. The molecule has 2 aliphatic rings. The van der Waals surface area contributed by atoms with E-state index in [1.54, 1.807) is 0 Å². The minimum Gasteiger partial charge on any atom is -0.489 e. The molecule has 0 amide bonds. The topological polar surface area (TPSA) is 52.9 Å². The van der Waals surface area contributed by atoms with Crippen LogP contribution in [-0.2, 0) is 12.0 Å². The second-order valence-electron chi connectivity index (χ2n) is 8.18. The van der Waals surface area contributed by atoms with Crippen molar-refractivity contribution in [2.75, 3.05) is 13.1 Å². The first-order valence-corrected chi connectivity index (χ1v) is 10.5. The third kappa shape index (κ3) is 4.11. The SMILES string of the molecule is Br.CCCC1N2CCC(O)C1(c1ccc(OCc3ccccc3)cc1)C(O)CC2. The Morgan fingerprint density at radius 3 is 2.17 bits per heavy atom. The van der Waals surface area contributed by atoms with E-state index in [1.165, 1.54) is 0 Å². The first kappa shape index (κ1) is 22.3. The van der Waals surface area contributed by atoms with Crippen LogP contribution in [0.25, 0.3) is 0 Å². The van der Waals surface area contributed by atoms with E-state index in [4.69, 9.17) is 4.74 Å². The molecule has 3 unspecified atom stereocenters. The Morgan fingerprint density at radius 2 is 1.59 bits per heavy atom. The van der Waals surface area contributed by atoms with Crippen LogP contribution in [0.3, 0.4) is 0 Å². The van der Waals surface area contributed by atoms with Crippen molar-refractivity contribution < 1.29 is 14.9 Å². The Labute approximate surface area is 184 Å². The number of hydrogen-bond donors (Lipinski definition) is 2. The van der Waals surface area contributed by atoms with Crippen molar-refractivity contribution >= 4 is 17.0 Å². The van der Waals surface area contributed by atoms with Crippen molar-refractivity contribution in [1.29, 1.82) is 0 Å². The largest absolute Gasteiger partial charge is 0.489 e. The second kappa shape index (κ2) is 9.61. The van der Waals surface area contributed by atoms with Gasteiger partial charge in [-0.2, -0.15) is 0 Å². The molecule has 0 aromatic heterocycles. The van der Waals surface area contributed by atoms with Gasteiger partial charge in [-0.3, -0.25) is 4.90 Å².